The molecule has 7 heteroatoms. The number of benzene rings is 2. The first-order chi connectivity index (χ1) is 16.7. The summed E-state index contributed by atoms with van der Waals surface area (Å²) < 4.78 is 5.69. The number of nitrogens with one attached hydrogen (secondary N) is 3. The quantitative estimate of drug-likeness (QED) is 0.598. The summed E-state index contributed by atoms with van der Waals surface area (Å²) in [6, 6.07) is 15.9. The molecule has 3 heterocycles. The number of anilines is 2. The maximum atomic E-state index is 9.35. The van der Waals surface area contributed by atoms with Gasteiger partial charge >= 0.3 is 0 Å². The molecule has 0 aromatic heterocycles. The second kappa shape index (κ2) is 9.98. The minimum atomic E-state index is 0.280. The highest BCUT2D eigenvalue weighted by atomic mass is 16.5. The first kappa shape index (κ1) is 22.6. The molecule has 3 aliphatic rings. The minimum Gasteiger partial charge on any atom is -0.379 e. The molecule has 0 radical (unpaired) electrons. The second-order valence-corrected chi connectivity index (χ2v) is 9.39. The Hall–Kier alpha value is -3.18. The highest BCUT2D eigenvalue weighted by Crippen LogP contribution is 2.41. The van der Waals surface area contributed by atoms with Crippen molar-refractivity contribution in [2.24, 2.45) is 0 Å². The zero-order valence-corrected chi connectivity index (χ0v) is 19.6. The first-order valence-corrected chi connectivity index (χ1v) is 12.1. The van der Waals surface area contributed by atoms with Crippen molar-refractivity contribution in [3.05, 3.63) is 64.7 Å². The van der Waals surface area contributed by atoms with E-state index in [2.05, 4.69) is 57.7 Å². The predicted molar refractivity (Wildman–Crippen MR) is 136 cm³/mol. The van der Waals surface area contributed by atoms with Crippen molar-refractivity contribution in [3.8, 4) is 6.07 Å². The fourth-order valence-corrected chi connectivity index (χ4v) is 5.44. The van der Waals surface area contributed by atoms with Gasteiger partial charge in [-0.1, -0.05) is 12.1 Å². The van der Waals surface area contributed by atoms with Crippen molar-refractivity contribution in [1.29, 1.82) is 10.7 Å². The Morgan fingerprint density at radius 1 is 1.24 bits per heavy atom. The van der Waals surface area contributed by atoms with Crippen LogP contribution in [0, 0.1) is 16.7 Å². The highest BCUT2D eigenvalue weighted by Gasteiger charge is 2.39. The van der Waals surface area contributed by atoms with Gasteiger partial charge in [-0.25, -0.2) is 0 Å². The standard InChI is InChI=1S/C27H32N6O/c1-19-15-32(26-7-4-20(13-29)11-21(26)3-2-8-28)17-27-25-6-5-23(12-22(25)16-33(19)27)31-24-14-30-9-10-34-18-24/h2-8,11-12,19,24,27-28,30-31H,9-10,14-18H2,1H3/b3-2-,28-8?/t19-,24-,27-/m1/s1. The van der Waals surface area contributed by atoms with Gasteiger partial charge in [0.25, 0.3) is 0 Å². The van der Waals surface area contributed by atoms with Crippen molar-refractivity contribution in [2.75, 3.05) is 49.6 Å². The fourth-order valence-electron chi connectivity index (χ4n) is 5.44. The van der Waals surface area contributed by atoms with E-state index in [1.807, 2.05) is 18.2 Å². The summed E-state index contributed by atoms with van der Waals surface area (Å²) in [7, 11) is 0. The van der Waals surface area contributed by atoms with E-state index in [4.69, 9.17) is 10.1 Å². The molecule has 0 aliphatic carbocycles. The van der Waals surface area contributed by atoms with Crippen LogP contribution in [0.3, 0.4) is 0 Å². The Bertz CT molecular complexity index is 1110. The average Bonchev–Trinajstić information content (AvgIpc) is 3.02. The largest absolute Gasteiger partial charge is 0.379 e. The van der Waals surface area contributed by atoms with Crippen molar-refractivity contribution < 1.29 is 4.74 Å². The maximum absolute atomic E-state index is 9.35. The summed E-state index contributed by atoms with van der Waals surface area (Å²) in [6.45, 7) is 8.42. The van der Waals surface area contributed by atoms with Crippen LogP contribution in [0.4, 0.5) is 11.4 Å². The third kappa shape index (κ3) is 4.58. The molecule has 7 nitrogen and oxygen atoms in total. The molecule has 0 spiro atoms. The molecule has 3 N–H and O–H groups in total. The van der Waals surface area contributed by atoms with E-state index in [1.54, 1.807) is 6.08 Å². The van der Waals surface area contributed by atoms with Gasteiger partial charge in [0.1, 0.15) is 0 Å². The summed E-state index contributed by atoms with van der Waals surface area (Å²) >= 11 is 0. The number of ether oxygens (including phenoxy) is 1. The number of hydrogen-bond donors (Lipinski definition) is 3. The molecule has 3 aliphatic heterocycles. The topological polar surface area (TPSA) is 87.4 Å². The van der Waals surface area contributed by atoms with Crippen molar-refractivity contribution in [2.45, 2.75) is 31.6 Å². The second-order valence-electron chi connectivity index (χ2n) is 9.39. The first-order valence-electron chi connectivity index (χ1n) is 12.1. The van der Waals surface area contributed by atoms with Gasteiger partial charge in [0.05, 0.1) is 36.9 Å². The highest BCUT2D eigenvalue weighted by molar-refractivity contribution is 5.80. The number of nitriles is 1. The molecule has 0 unspecified atom stereocenters. The van der Waals surface area contributed by atoms with Gasteiger partial charge in [-0.3, -0.25) is 4.90 Å². The van der Waals surface area contributed by atoms with Crippen LogP contribution in [0.5, 0.6) is 0 Å². The lowest BCUT2D eigenvalue weighted by molar-refractivity contribution is 0.134. The molecule has 176 valence electrons. The summed E-state index contributed by atoms with van der Waals surface area (Å²) in [4.78, 5) is 5.05. The molecule has 0 amide bonds. The van der Waals surface area contributed by atoms with Gasteiger partial charge in [0.2, 0.25) is 0 Å². The van der Waals surface area contributed by atoms with Crippen LogP contribution >= 0.6 is 0 Å². The molecule has 34 heavy (non-hydrogen) atoms. The van der Waals surface area contributed by atoms with Gasteiger partial charge in [0, 0.05) is 56.4 Å². The number of nitrogens with zero attached hydrogens (tertiary/aromatic N) is 3. The molecule has 5 rings (SSSR count). The van der Waals surface area contributed by atoms with Crippen LogP contribution in [-0.2, 0) is 11.3 Å². The lowest BCUT2D eigenvalue weighted by Gasteiger charge is -2.44. The predicted octanol–water partition coefficient (Wildman–Crippen LogP) is 3.39. The Morgan fingerprint density at radius 3 is 3.00 bits per heavy atom. The number of hydrogen-bond acceptors (Lipinski definition) is 7. The molecule has 2 aromatic rings. The zero-order chi connectivity index (χ0) is 23.5. The van der Waals surface area contributed by atoms with E-state index >= 15 is 0 Å². The Morgan fingerprint density at radius 2 is 2.15 bits per heavy atom. The zero-order valence-electron chi connectivity index (χ0n) is 19.6. The van der Waals surface area contributed by atoms with Crippen molar-refractivity contribution in [1.82, 2.24) is 10.2 Å². The van der Waals surface area contributed by atoms with Crippen LogP contribution in [-0.4, -0.2) is 62.6 Å². The molecular formula is C27H32N6O. The van der Waals surface area contributed by atoms with Gasteiger partial charge < -0.3 is 25.7 Å². The number of allylic oxidation sites excluding steroid dienone is 1. The third-order valence-electron chi connectivity index (χ3n) is 7.07. The van der Waals surface area contributed by atoms with Gasteiger partial charge in [-0.05, 0) is 60.0 Å². The number of fused-ring (bicyclic) bond motifs is 3. The summed E-state index contributed by atoms with van der Waals surface area (Å²) in [5.74, 6) is 0. The van der Waals surface area contributed by atoms with E-state index in [0.29, 0.717) is 17.6 Å². The van der Waals surface area contributed by atoms with E-state index in [1.165, 1.54) is 17.3 Å². The molecule has 2 fully saturated rings. The van der Waals surface area contributed by atoms with Gasteiger partial charge in [-0.2, -0.15) is 5.26 Å². The summed E-state index contributed by atoms with van der Waals surface area (Å²) in [5.41, 5.74) is 6.71. The molecular weight excluding hydrogens is 424 g/mol. The molecule has 0 saturated carbocycles. The summed E-state index contributed by atoms with van der Waals surface area (Å²) in [6.07, 6.45) is 4.92. The Balaban J connectivity index is 1.38. The monoisotopic (exact) mass is 456 g/mol. The van der Waals surface area contributed by atoms with E-state index in [-0.39, 0.29) is 6.04 Å². The van der Waals surface area contributed by atoms with E-state index < -0.39 is 0 Å². The lowest BCUT2D eigenvalue weighted by atomic mass is 9.99. The smallest absolute Gasteiger partial charge is 0.0991 e. The fraction of sp³-hybridized carbons (Fsp3) is 0.407. The van der Waals surface area contributed by atoms with Gasteiger partial charge in [0.15, 0.2) is 0 Å². The van der Waals surface area contributed by atoms with E-state index in [0.717, 1.165) is 62.9 Å². The van der Waals surface area contributed by atoms with Crippen LogP contribution in [0.1, 0.15) is 35.2 Å². The Kier molecular flexibility index (Phi) is 6.63. The van der Waals surface area contributed by atoms with Crippen LogP contribution in [0.2, 0.25) is 0 Å². The maximum Gasteiger partial charge on any atom is 0.0991 e. The molecule has 0 bridgehead atoms. The molecule has 3 atom stereocenters. The van der Waals surface area contributed by atoms with Crippen molar-refractivity contribution in [3.63, 3.8) is 0 Å². The summed E-state index contributed by atoms with van der Waals surface area (Å²) in [5, 5.41) is 23.8. The number of rotatable bonds is 5. The minimum absolute atomic E-state index is 0.280. The molecule has 2 saturated heterocycles. The third-order valence-corrected chi connectivity index (χ3v) is 7.07. The van der Waals surface area contributed by atoms with Crippen LogP contribution in [0.25, 0.3) is 6.08 Å². The average molecular weight is 457 g/mol. The van der Waals surface area contributed by atoms with Gasteiger partial charge in [-0.15, -0.1) is 0 Å². The SMILES string of the molecule is C[C@@H]1CN(c2ccc(C#N)cc2/C=C\C=N)C[C@@H]2c3ccc(N[C@@H]4CNCCOC4)cc3CN12. The van der Waals surface area contributed by atoms with Crippen LogP contribution < -0.4 is 15.5 Å². The number of piperazine rings is 1. The van der Waals surface area contributed by atoms with Crippen molar-refractivity contribution >= 4 is 23.7 Å². The molecule has 2 aromatic carbocycles. The Labute approximate surface area is 201 Å². The van der Waals surface area contributed by atoms with E-state index in [9.17, 15) is 5.26 Å². The lowest BCUT2D eigenvalue weighted by Crippen LogP contribution is -2.51. The van der Waals surface area contributed by atoms with Crippen LogP contribution in [0.15, 0.2) is 42.5 Å². The normalized spacial score (nSPS) is 24.8.